The summed E-state index contributed by atoms with van der Waals surface area (Å²) in [5, 5.41) is 3.09. The summed E-state index contributed by atoms with van der Waals surface area (Å²) in [6.45, 7) is 1.97. The Morgan fingerprint density at radius 1 is 0.889 bits per heavy atom. The van der Waals surface area contributed by atoms with Crippen molar-refractivity contribution in [2.75, 3.05) is 18.5 Å². The fourth-order valence-electron chi connectivity index (χ4n) is 2.08. The van der Waals surface area contributed by atoms with Gasteiger partial charge in [-0.2, -0.15) is 0 Å². The first kappa shape index (κ1) is 20.5. The van der Waals surface area contributed by atoms with Crippen LogP contribution >= 0.6 is 11.6 Å². The minimum absolute atomic E-state index is 0.304. The molecule has 6 nitrogen and oxygen atoms in total. The highest BCUT2D eigenvalue weighted by Gasteiger charge is 2.11. The highest BCUT2D eigenvalue weighted by atomic mass is 35.5. The number of halogens is 1. The van der Waals surface area contributed by atoms with Crippen molar-refractivity contribution in [2.45, 2.75) is 19.8 Å². The Labute approximate surface area is 162 Å². The van der Waals surface area contributed by atoms with Crippen molar-refractivity contribution in [2.24, 2.45) is 0 Å². The number of esters is 2. The van der Waals surface area contributed by atoms with E-state index in [1.54, 1.807) is 36.4 Å². The molecule has 0 atom stereocenters. The van der Waals surface area contributed by atoms with Crippen LogP contribution in [0.3, 0.4) is 0 Å². The molecule has 2 rings (SSSR count). The molecule has 0 radical (unpaired) electrons. The maximum absolute atomic E-state index is 11.9. The number of carbonyl (C=O) groups is 3. The third-order valence-corrected chi connectivity index (χ3v) is 3.80. The molecule has 0 aliphatic carbocycles. The molecule has 0 aliphatic rings. The molecule has 0 heterocycles. The van der Waals surface area contributed by atoms with Crippen LogP contribution in [0.2, 0.25) is 5.02 Å². The number of benzene rings is 2. The highest BCUT2D eigenvalue weighted by Crippen LogP contribution is 2.12. The van der Waals surface area contributed by atoms with Crippen molar-refractivity contribution in [1.82, 2.24) is 0 Å². The SMILES string of the molecule is CCCCOC(=O)c1ccc(NC(=O)COC(=O)c2ccc(Cl)cc2)cc1. The summed E-state index contributed by atoms with van der Waals surface area (Å²) in [6, 6.07) is 12.4. The molecule has 0 fully saturated rings. The first-order valence-corrected chi connectivity index (χ1v) is 8.87. The maximum Gasteiger partial charge on any atom is 0.338 e. The quantitative estimate of drug-likeness (QED) is 0.543. The number of unbranched alkanes of at least 4 members (excludes halogenated alkanes) is 1. The standard InChI is InChI=1S/C20H20ClNO5/c1-2-3-12-26-19(24)15-6-10-17(11-7-15)22-18(23)13-27-20(25)14-4-8-16(21)9-5-14/h4-11H,2-3,12-13H2,1H3,(H,22,23). The van der Waals surface area contributed by atoms with Crippen LogP contribution in [0, 0.1) is 0 Å². The van der Waals surface area contributed by atoms with E-state index in [1.165, 1.54) is 12.1 Å². The zero-order valence-corrected chi connectivity index (χ0v) is 15.6. The zero-order valence-electron chi connectivity index (χ0n) is 14.9. The van der Waals surface area contributed by atoms with Crippen LogP contribution in [0.15, 0.2) is 48.5 Å². The molecule has 142 valence electrons. The number of hydrogen-bond acceptors (Lipinski definition) is 5. The Bertz CT molecular complexity index is 787. The minimum Gasteiger partial charge on any atom is -0.462 e. The molecule has 0 spiro atoms. The van der Waals surface area contributed by atoms with Gasteiger partial charge in [-0.15, -0.1) is 0 Å². The fraction of sp³-hybridized carbons (Fsp3) is 0.250. The van der Waals surface area contributed by atoms with Gasteiger partial charge in [0.25, 0.3) is 5.91 Å². The zero-order chi connectivity index (χ0) is 19.6. The van der Waals surface area contributed by atoms with Crippen molar-refractivity contribution in [1.29, 1.82) is 0 Å². The first-order chi connectivity index (χ1) is 13.0. The molecule has 27 heavy (non-hydrogen) atoms. The minimum atomic E-state index is -0.619. The molecule has 2 aromatic rings. The molecule has 0 bridgehead atoms. The van der Waals surface area contributed by atoms with Gasteiger partial charge in [0.15, 0.2) is 6.61 Å². The second-order valence-electron chi connectivity index (χ2n) is 5.70. The lowest BCUT2D eigenvalue weighted by molar-refractivity contribution is -0.119. The normalized spacial score (nSPS) is 10.1. The molecular formula is C20H20ClNO5. The summed E-state index contributed by atoms with van der Waals surface area (Å²) in [5.41, 5.74) is 1.18. The van der Waals surface area contributed by atoms with Crippen LogP contribution in [-0.4, -0.2) is 31.1 Å². The predicted molar refractivity (Wildman–Crippen MR) is 102 cm³/mol. The van der Waals surface area contributed by atoms with Gasteiger partial charge in [0, 0.05) is 10.7 Å². The van der Waals surface area contributed by atoms with E-state index in [9.17, 15) is 14.4 Å². The average molecular weight is 390 g/mol. The molecule has 0 saturated heterocycles. The van der Waals surface area contributed by atoms with Gasteiger partial charge < -0.3 is 14.8 Å². The monoisotopic (exact) mass is 389 g/mol. The second kappa shape index (κ2) is 10.3. The van der Waals surface area contributed by atoms with Crippen molar-refractivity contribution in [3.8, 4) is 0 Å². The lowest BCUT2D eigenvalue weighted by Crippen LogP contribution is -2.21. The number of anilines is 1. The van der Waals surface area contributed by atoms with Gasteiger partial charge in [-0.25, -0.2) is 9.59 Å². The molecule has 1 N–H and O–H groups in total. The van der Waals surface area contributed by atoms with E-state index >= 15 is 0 Å². The summed E-state index contributed by atoms with van der Waals surface area (Å²) in [4.78, 5) is 35.5. The van der Waals surface area contributed by atoms with Crippen LogP contribution < -0.4 is 5.32 Å². The summed E-state index contributed by atoms with van der Waals surface area (Å²) >= 11 is 5.75. The predicted octanol–water partition coefficient (Wildman–Crippen LogP) is 4.09. The van der Waals surface area contributed by atoms with Crippen molar-refractivity contribution < 1.29 is 23.9 Å². The number of amides is 1. The van der Waals surface area contributed by atoms with E-state index in [0.29, 0.717) is 28.4 Å². The van der Waals surface area contributed by atoms with Crippen LogP contribution in [0.25, 0.3) is 0 Å². The Balaban J connectivity index is 1.80. The smallest absolute Gasteiger partial charge is 0.338 e. The van der Waals surface area contributed by atoms with Gasteiger partial charge in [-0.3, -0.25) is 4.79 Å². The first-order valence-electron chi connectivity index (χ1n) is 8.49. The van der Waals surface area contributed by atoms with Gasteiger partial charge in [0.2, 0.25) is 0 Å². The van der Waals surface area contributed by atoms with E-state index < -0.39 is 24.5 Å². The van der Waals surface area contributed by atoms with Crippen LogP contribution in [0.5, 0.6) is 0 Å². The van der Waals surface area contributed by atoms with Crippen LogP contribution in [0.4, 0.5) is 5.69 Å². The van der Waals surface area contributed by atoms with Gasteiger partial charge >= 0.3 is 11.9 Å². The number of nitrogens with one attached hydrogen (secondary N) is 1. The van der Waals surface area contributed by atoms with Crippen molar-refractivity contribution in [3.05, 3.63) is 64.7 Å². The molecule has 2 aromatic carbocycles. The van der Waals surface area contributed by atoms with Gasteiger partial charge in [0.1, 0.15) is 0 Å². The Hall–Kier alpha value is -2.86. The molecule has 0 unspecified atom stereocenters. The highest BCUT2D eigenvalue weighted by molar-refractivity contribution is 6.30. The maximum atomic E-state index is 11.9. The fourth-order valence-corrected chi connectivity index (χ4v) is 2.21. The molecule has 1 amide bonds. The third kappa shape index (κ3) is 6.75. The number of ether oxygens (including phenoxy) is 2. The number of carbonyl (C=O) groups excluding carboxylic acids is 3. The van der Waals surface area contributed by atoms with E-state index in [4.69, 9.17) is 21.1 Å². The topological polar surface area (TPSA) is 81.7 Å². The van der Waals surface area contributed by atoms with Crippen molar-refractivity contribution >= 4 is 35.1 Å². The molecule has 0 saturated carbocycles. The molecule has 0 aromatic heterocycles. The summed E-state index contributed by atoms with van der Waals surface area (Å²) in [5.74, 6) is -1.51. The number of rotatable bonds is 8. The van der Waals surface area contributed by atoms with Crippen LogP contribution in [-0.2, 0) is 14.3 Å². The number of hydrogen-bond donors (Lipinski definition) is 1. The lowest BCUT2D eigenvalue weighted by Gasteiger charge is -2.08. The Kier molecular flexibility index (Phi) is 7.82. The van der Waals surface area contributed by atoms with Gasteiger partial charge in [-0.1, -0.05) is 24.9 Å². The van der Waals surface area contributed by atoms with Crippen LogP contribution in [0.1, 0.15) is 40.5 Å². The lowest BCUT2D eigenvalue weighted by atomic mass is 10.2. The summed E-state index contributed by atoms with van der Waals surface area (Å²) in [6.07, 6.45) is 1.76. The molecular weight excluding hydrogens is 370 g/mol. The summed E-state index contributed by atoms with van der Waals surface area (Å²) in [7, 11) is 0. The molecule has 0 aliphatic heterocycles. The Morgan fingerprint density at radius 3 is 2.04 bits per heavy atom. The Morgan fingerprint density at radius 2 is 1.44 bits per heavy atom. The van der Waals surface area contributed by atoms with E-state index in [1.807, 2.05) is 6.92 Å². The average Bonchev–Trinajstić information content (AvgIpc) is 2.67. The second-order valence-corrected chi connectivity index (χ2v) is 6.13. The van der Waals surface area contributed by atoms with Gasteiger partial charge in [-0.05, 0) is 55.0 Å². The molecule has 7 heteroatoms. The third-order valence-electron chi connectivity index (χ3n) is 3.55. The van der Waals surface area contributed by atoms with Crippen molar-refractivity contribution in [3.63, 3.8) is 0 Å². The van der Waals surface area contributed by atoms with E-state index in [0.717, 1.165) is 12.8 Å². The largest absolute Gasteiger partial charge is 0.462 e. The van der Waals surface area contributed by atoms with Gasteiger partial charge in [0.05, 0.1) is 17.7 Å². The van der Waals surface area contributed by atoms with E-state index in [2.05, 4.69) is 5.32 Å². The van der Waals surface area contributed by atoms with E-state index in [-0.39, 0.29) is 0 Å². The summed E-state index contributed by atoms with van der Waals surface area (Å²) < 4.78 is 10.1.